The Labute approximate surface area is 151 Å². The lowest BCUT2D eigenvalue weighted by atomic mass is 10.2. The summed E-state index contributed by atoms with van der Waals surface area (Å²) < 4.78 is 5.87. The number of hydrogen-bond donors (Lipinski definition) is 1. The summed E-state index contributed by atoms with van der Waals surface area (Å²) in [4.78, 5) is 0. The van der Waals surface area contributed by atoms with Gasteiger partial charge in [-0.15, -0.1) is 0 Å². The Hall–Kier alpha value is -0.383. The lowest BCUT2D eigenvalue weighted by Crippen LogP contribution is -2.40. The zero-order valence-corrected chi connectivity index (χ0v) is 17.4. The number of allylic oxidation sites excluding steroid dienone is 2. The SMILES string of the molecule is CCCC[Si](CCCC)(CCCC)C1=CC=CC1COCCCO. The Morgan fingerprint density at radius 1 is 0.958 bits per heavy atom. The van der Waals surface area contributed by atoms with Gasteiger partial charge in [0.15, 0.2) is 0 Å². The van der Waals surface area contributed by atoms with Gasteiger partial charge in [0.05, 0.1) is 14.7 Å². The molecule has 0 saturated heterocycles. The van der Waals surface area contributed by atoms with Crippen LogP contribution in [0.15, 0.2) is 23.4 Å². The Kier molecular flexibility index (Phi) is 11.6. The van der Waals surface area contributed by atoms with Gasteiger partial charge in [-0.25, -0.2) is 0 Å². The molecule has 1 unspecified atom stereocenters. The average Bonchev–Trinajstić information content (AvgIpc) is 3.07. The molecule has 1 rings (SSSR count). The largest absolute Gasteiger partial charge is 0.396 e. The Balaban J connectivity index is 2.84. The highest BCUT2D eigenvalue weighted by Crippen LogP contribution is 2.40. The molecule has 0 aromatic rings. The first-order chi connectivity index (χ1) is 11.7. The maximum absolute atomic E-state index is 8.93. The molecule has 0 bridgehead atoms. The van der Waals surface area contributed by atoms with Crippen LogP contribution >= 0.6 is 0 Å². The fraction of sp³-hybridized carbons (Fsp3) is 0.810. The zero-order valence-electron chi connectivity index (χ0n) is 16.4. The number of ether oxygens (including phenoxy) is 1. The van der Waals surface area contributed by atoms with E-state index >= 15 is 0 Å². The van der Waals surface area contributed by atoms with Gasteiger partial charge < -0.3 is 9.84 Å². The second-order valence-corrected chi connectivity index (χ2v) is 12.0. The summed E-state index contributed by atoms with van der Waals surface area (Å²) in [5, 5.41) is 10.7. The minimum Gasteiger partial charge on any atom is -0.396 e. The minimum absolute atomic E-state index is 0.228. The topological polar surface area (TPSA) is 29.5 Å². The van der Waals surface area contributed by atoms with Crippen LogP contribution in [-0.2, 0) is 4.74 Å². The minimum atomic E-state index is -1.39. The average molecular weight is 353 g/mol. The van der Waals surface area contributed by atoms with Gasteiger partial charge in [0, 0.05) is 19.1 Å². The van der Waals surface area contributed by atoms with Crippen LogP contribution in [-0.4, -0.2) is 33.0 Å². The molecule has 0 radical (unpaired) electrons. The van der Waals surface area contributed by atoms with E-state index in [2.05, 4.69) is 39.0 Å². The molecule has 140 valence electrons. The fourth-order valence-corrected chi connectivity index (χ4v) is 10.1. The van der Waals surface area contributed by atoms with Crippen LogP contribution in [0.5, 0.6) is 0 Å². The molecule has 24 heavy (non-hydrogen) atoms. The molecule has 0 spiro atoms. The van der Waals surface area contributed by atoms with Crippen LogP contribution in [0.25, 0.3) is 0 Å². The predicted octanol–water partition coefficient (Wildman–Crippen LogP) is 5.89. The number of hydrogen-bond acceptors (Lipinski definition) is 2. The summed E-state index contributed by atoms with van der Waals surface area (Å²) in [6.45, 7) is 8.70. The smallest absolute Gasteiger partial charge is 0.0824 e. The summed E-state index contributed by atoms with van der Waals surface area (Å²) >= 11 is 0. The molecule has 0 heterocycles. The third kappa shape index (κ3) is 6.85. The first-order valence-electron chi connectivity index (χ1n) is 10.3. The molecule has 2 nitrogen and oxygen atoms in total. The second-order valence-electron chi connectivity index (χ2n) is 7.36. The number of aliphatic hydroxyl groups is 1. The van der Waals surface area contributed by atoms with Crippen molar-refractivity contribution in [2.75, 3.05) is 19.8 Å². The Bertz CT molecular complexity index is 354. The molecule has 0 amide bonds. The number of rotatable bonds is 15. The second kappa shape index (κ2) is 12.9. The Morgan fingerprint density at radius 3 is 2.04 bits per heavy atom. The van der Waals surface area contributed by atoms with Crippen molar-refractivity contribution in [3.8, 4) is 0 Å². The third-order valence-corrected chi connectivity index (χ3v) is 11.1. The van der Waals surface area contributed by atoms with E-state index in [1.165, 1.54) is 56.7 Å². The predicted molar refractivity (Wildman–Crippen MR) is 108 cm³/mol. The van der Waals surface area contributed by atoms with Crippen LogP contribution in [0, 0.1) is 5.92 Å². The maximum atomic E-state index is 8.93. The lowest BCUT2D eigenvalue weighted by Gasteiger charge is -2.37. The first-order valence-corrected chi connectivity index (χ1v) is 12.9. The van der Waals surface area contributed by atoms with Gasteiger partial charge in [0.2, 0.25) is 0 Å². The van der Waals surface area contributed by atoms with Gasteiger partial charge in [-0.2, -0.15) is 0 Å². The van der Waals surface area contributed by atoms with Gasteiger partial charge in [-0.3, -0.25) is 0 Å². The van der Waals surface area contributed by atoms with Crippen molar-refractivity contribution in [2.45, 2.75) is 83.8 Å². The van der Waals surface area contributed by atoms with Gasteiger partial charge in [-0.05, 0) is 6.42 Å². The highest BCUT2D eigenvalue weighted by atomic mass is 28.3. The molecule has 0 aromatic heterocycles. The number of aliphatic hydroxyl groups excluding tert-OH is 1. The highest BCUT2D eigenvalue weighted by Gasteiger charge is 2.38. The van der Waals surface area contributed by atoms with Gasteiger partial charge in [0.1, 0.15) is 0 Å². The lowest BCUT2D eigenvalue weighted by molar-refractivity contribution is 0.106. The molecular formula is C21H40O2Si. The monoisotopic (exact) mass is 352 g/mol. The molecule has 3 heteroatoms. The summed E-state index contributed by atoms with van der Waals surface area (Å²) in [6, 6.07) is 4.39. The van der Waals surface area contributed by atoms with E-state index in [-0.39, 0.29) is 6.61 Å². The van der Waals surface area contributed by atoms with E-state index in [9.17, 15) is 0 Å². The van der Waals surface area contributed by atoms with Crippen molar-refractivity contribution < 1.29 is 9.84 Å². The molecule has 1 aliphatic carbocycles. The van der Waals surface area contributed by atoms with Crippen molar-refractivity contribution in [2.24, 2.45) is 5.92 Å². The molecule has 1 aliphatic rings. The first kappa shape index (κ1) is 21.7. The Morgan fingerprint density at radius 2 is 1.54 bits per heavy atom. The van der Waals surface area contributed by atoms with Crippen LogP contribution in [0.4, 0.5) is 0 Å². The molecule has 0 aromatic carbocycles. The molecule has 1 N–H and O–H groups in total. The zero-order chi connectivity index (χ0) is 17.7. The summed E-state index contributed by atoms with van der Waals surface area (Å²) in [6.07, 6.45) is 15.9. The maximum Gasteiger partial charge on any atom is 0.0824 e. The van der Waals surface area contributed by atoms with Gasteiger partial charge >= 0.3 is 0 Å². The number of unbranched alkanes of at least 4 members (excludes halogenated alkanes) is 3. The van der Waals surface area contributed by atoms with Crippen molar-refractivity contribution in [1.82, 2.24) is 0 Å². The van der Waals surface area contributed by atoms with Crippen LogP contribution in [0.2, 0.25) is 18.1 Å². The van der Waals surface area contributed by atoms with E-state index in [1.807, 2.05) is 0 Å². The molecule has 0 saturated carbocycles. The van der Waals surface area contributed by atoms with E-state index in [0.29, 0.717) is 12.5 Å². The third-order valence-electron chi connectivity index (χ3n) is 5.40. The molecular weight excluding hydrogens is 312 g/mol. The van der Waals surface area contributed by atoms with Crippen LogP contribution in [0.3, 0.4) is 0 Å². The van der Waals surface area contributed by atoms with Gasteiger partial charge in [0.25, 0.3) is 0 Å². The summed E-state index contributed by atoms with van der Waals surface area (Å²) in [5.41, 5.74) is 0. The van der Waals surface area contributed by atoms with E-state index in [0.717, 1.165) is 13.0 Å². The highest BCUT2D eigenvalue weighted by molar-refractivity contribution is 6.86. The summed E-state index contributed by atoms with van der Waals surface area (Å²) in [5.74, 6) is 0.501. The standard InChI is InChI=1S/C21H40O2Si/c1-4-7-16-24(17-8-5-2,18-9-6-3)21-13-10-12-20(21)19-23-15-11-14-22/h10,12-13,20,22H,4-9,11,14-19H2,1-3H3. The fourth-order valence-electron chi connectivity index (χ4n) is 3.97. The van der Waals surface area contributed by atoms with Crippen molar-refractivity contribution in [3.63, 3.8) is 0 Å². The van der Waals surface area contributed by atoms with Crippen molar-refractivity contribution in [3.05, 3.63) is 23.4 Å². The normalized spacial score (nSPS) is 17.5. The van der Waals surface area contributed by atoms with Crippen molar-refractivity contribution >= 4 is 8.07 Å². The quantitative estimate of drug-likeness (QED) is 0.294. The van der Waals surface area contributed by atoms with Gasteiger partial charge in [-0.1, -0.05) is 101 Å². The molecule has 0 fully saturated rings. The molecule has 1 atom stereocenters. The van der Waals surface area contributed by atoms with Crippen molar-refractivity contribution in [1.29, 1.82) is 0 Å². The molecule has 0 aliphatic heterocycles. The van der Waals surface area contributed by atoms with E-state index in [4.69, 9.17) is 9.84 Å². The van der Waals surface area contributed by atoms with Crippen LogP contribution in [0.1, 0.15) is 65.7 Å². The van der Waals surface area contributed by atoms with E-state index in [1.54, 1.807) is 5.20 Å². The van der Waals surface area contributed by atoms with Crippen LogP contribution < -0.4 is 0 Å². The van der Waals surface area contributed by atoms with E-state index < -0.39 is 8.07 Å². The summed E-state index contributed by atoms with van der Waals surface area (Å²) in [7, 11) is -1.39.